The van der Waals surface area contributed by atoms with E-state index in [9.17, 15) is 9.59 Å². The largest absolute Gasteiger partial charge is 0.494 e. The molecule has 1 aromatic carbocycles. The number of rotatable bonds is 8. The van der Waals surface area contributed by atoms with Crippen molar-refractivity contribution in [1.82, 2.24) is 15.1 Å². The van der Waals surface area contributed by atoms with Crippen LogP contribution in [0.5, 0.6) is 5.75 Å². The number of fused-ring (bicyclic) bond motifs is 1. The number of ether oxygens (including phenoxy) is 1. The average molecular weight is 458 g/mol. The summed E-state index contributed by atoms with van der Waals surface area (Å²) < 4.78 is 5.91. The molecule has 0 aromatic heterocycles. The van der Waals surface area contributed by atoms with E-state index in [0.29, 0.717) is 38.0 Å². The molecule has 1 aliphatic carbocycles. The number of hydrogen-bond acceptors (Lipinski definition) is 6. The van der Waals surface area contributed by atoms with Gasteiger partial charge in [0.2, 0.25) is 11.8 Å². The van der Waals surface area contributed by atoms with Gasteiger partial charge in [0.15, 0.2) is 5.96 Å². The van der Waals surface area contributed by atoms with Crippen LogP contribution >= 0.6 is 0 Å². The van der Waals surface area contributed by atoms with E-state index in [4.69, 9.17) is 10.5 Å². The van der Waals surface area contributed by atoms with E-state index in [1.165, 1.54) is 19.3 Å². The molecule has 182 valence electrons. The van der Waals surface area contributed by atoms with Gasteiger partial charge in [0.1, 0.15) is 12.3 Å². The molecule has 0 atom stereocenters. The highest BCUT2D eigenvalue weighted by atomic mass is 16.5. The van der Waals surface area contributed by atoms with Crippen molar-refractivity contribution in [3.63, 3.8) is 0 Å². The Morgan fingerprint density at radius 3 is 2.67 bits per heavy atom. The molecule has 0 saturated heterocycles. The molecule has 3 rings (SSSR count). The third-order valence-corrected chi connectivity index (χ3v) is 6.14. The van der Waals surface area contributed by atoms with E-state index in [-0.39, 0.29) is 23.9 Å². The summed E-state index contributed by atoms with van der Waals surface area (Å²) >= 11 is 0. The first-order chi connectivity index (χ1) is 15.6. The second kappa shape index (κ2) is 10.9. The molecule has 0 unspecified atom stereocenters. The van der Waals surface area contributed by atoms with Gasteiger partial charge in [-0.2, -0.15) is 0 Å². The van der Waals surface area contributed by atoms with E-state index >= 15 is 0 Å². The Bertz CT molecular complexity index is 871. The fourth-order valence-electron chi connectivity index (χ4n) is 4.40. The molecule has 2 amide bonds. The number of aliphatic imine (C=N–C) groups is 1. The lowest BCUT2D eigenvalue weighted by Crippen LogP contribution is -2.49. The second-order valence-corrected chi connectivity index (χ2v) is 10.2. The van der Waals surface area contributed by atoms with Crippen molar-refractivity contribution >= 4 is 23.5 Å². The number of carbonyl (C=O) groups is 2. The normalized spacial score (nSPS) is 16.6. The molecule has 1 saturated carbocycles. The monoisotopic (exact) mass is 457 g/mol. The molecule has 1 aliphatic heterocycles. The van der Waals surface area contributed by atoms with Crippen LogP contribution in [0.4, 0.5) is 5.69 Å². The number of nitrogens with one attached hydrogen (secondary N) is 1. The Labute approximate surface area is 197 Å². The third-order valence-electron chi connectivity index (χ3n) is 6.14. The highest BCUT2D eigenvalue weighted by Gasteiger charge is 2.23. The average Bonchev–Trinajstić information content (AvgIpc) is 2.76. The first-order valence-corrected chi connectivity index (χ1v) is 12.0. The zero-order valence-corrected chi connectivity index (χ0v) is 20.5. The van der Waals surface area contributed by atoms with Gasteiger partial charge in [0.25, 0.3) is 0 Å². The smallest absolute Gasteiger partial charge is 0.240 e. The standard InChI is InChI=1S/C25H39N5O3/c1-25(2,3)28-22(31)17-30-16-18-15-20(12-13-21(18)27-24(30)26)33-14-8-11-23(32)29(4)19-9-6-5-7-10-19/h12-13,15,19H,5-11,14,16-17H2,1-4H3,(H2,26,27)(H,28,31). The number of benzene rings is 1. The van der Waals surface area contributed by atoms with E-state index in [0.717, 1.165) is 29.8 Å². The number of nitrogens with two attached hydrogens (primary N) is 1. The van der Waals surface area contributed by atoms with Crippen LogP contribution in [0.1, 0.15) is 71.3 Å². The van der Waals surface area contributed by atoms with Gasteiger partial charge >= 0.3 is 0 Å². The number of carbonyl (C=O) groups excluding carboxylic acids is 2. The molecule has 1 aromatic rings. The molecule has 8 nitrogen and oxygen atoms in total. The quantitative estimate of drug-likeness (QED) is 0.584. The van der Waals surface area contributed by atoms with Crippen LogP contribution in [0, 0.1) is 0 Å². The fourth-order valence-corrected chi connectivity index (χ4v) is 4.40. The van der Waals surface area contributed by atoms with Crippen LogP contribution in [-0.4, -0.2) is 59.4 Å². The van der Waals surface area contributed by atoms with Gasteiger partial charge in [0, 0.05) is 37.2 Å². The summed E-state index contributed by atoms with van der Waals surface area (Å²) in [4.78, 5) is 32.9. The maximum Gasteiger partial charge on any atom is 0.240 e. The Balaban J connectivity index is 1.48. The summed E-state index contributed by atoms with van der Waals surface area (Å²) in [5, 5.41) is 2.95. The maximum absolute atomic E-state index is 12.5. The molecular formula is C25H39N5O3. The van der Waals surface area contributed by atoms with Crippen molar-refractivity contribution < 1.29 is 14.3 Å². The molecule has 33 heavy (non-hydrogen) atoms. The van der Waals surface area contributed by atoms with Crippen LogP contribution in [0.2, 0.25) is 0 Å². The molecule has 0 bridgehead atoms. The van der Waals surface area contributed by atoms with Crippen LogP contribution in [-0.2, 0) is 16.1 Å². The van der Waals surface area contributed by atoms with E-state index in [1.807, 2.05) is 50.9 Å². The number of amides is 2. The summed E-state index contributed by atoms with van der Waals surface area (Å²) in [6, 6.07) is 6.09. The van der Waals surface area contributed by atoms with Crippen molar-refractivity contribution in [2.45, 2.75) is 83.8 Å². The highest BCUT2D eigenvalue weighted by molar-refractivity contribution is 5.88. The van der Waals surface area contributed by atoms with Crippen molar-refractivity contribution in [1.29, 1.82) is 0 Å². The van der Waals surface area contributed by atoms with Gasteiger partial charge in [0.05, 0.1) is 12.3 Å². The molecule has 8 heteroatoms. The summed E-state index contributed by atoms with van der Waals surface area (Å²) in [7, 11) is 1.93. The summed E-state index contributed by atoms with van der Waals surface area (Å²) in [5.74, 6) is 1.17. The van der Waals surface area contributed by atoms with E-state index in [1.54, 1.807) is 4.90 Å². The minimum absolute atomic E-state index is 0.0978. The number of hydrogen-bond donors (Lipinski definition) is 2. The molecule has 0 spiro atoms. The summed E-state index contributed by atoms with van der Waals surface area (Å²) in [5.41, 5.74) is 7.52. The molecular weight excluding hydrogens is 418 g/mol. The maximum atomic E-state index is 12.5. The first-order valence-electron chi connectivity index (χ1n) is 12.0. The minimum atomic E-state index is -0.301. The number of nitrogens with zero attached hydrogens (tertiary/aromatic N) is 3. The van der Waals surface area contributed by atoms with Crippen molar-refractivity contribution in [2.24, 2.45) is 10.7 Å². The molecule has 3 N–H and O–H groups in total. The Hall–Kier alpha value is -2.77. The summed E-state index contributed by atoms with van der Waals surface area (Å²) in [6.07, 6.45) is 7.14. The molecule has 0 radical (unpaired) electrons. The van der Waals surface area contributed by atoms with Crippen molar-refractivity contribution in [2.75, 3.05) is 20.2 Å². The van der Waals surface area contributed by atoms with Crippen LogP contribution in [0.25, 0.3) is 0 Å². The first kappa shape index (κ1) is 24.9. The Kier molecular flexibility index (Phi) is 8.21. The molecule has 1 heterocycles. The predicted octanol–water partition coefficient (Wildman–Crippen LogP) is 3.31. The Morgan fingerprint density at radius 2 is 1.97 bits per heavy atom. The van der Waals surface area contributed by atoms with Crippen LogP contribution in [0.3, 0.4) is 0 Å². The topological polar surface area (TPSA) is 100 Å². The van der Waals surface area contributed by atoms with Crippen molar-refractivity contribution in [3.8, 4) is 5.75 Å². The van der Waals surface area contributed by atoms with Crippen LogP contribution < -0.4 is 15.8 Å². The van der Waals surface area contributed by atoms with Crippen LogP contribution in [0.15, 0.2) is 23.2 Å². The molecule has 2 aliphatic rings. The zero-order chi connectivity index (χ0) is 24.0. The SMILES string of the molecule is CN(C(=O)CCCOc1ccc2c(c1)CN(CC(=O)NC(C)(C)C)C(N)=N2)C1CCCCC1. The Morgan fingerprint density at radius 1 is 1.24 bits per heavy atom. The van der Waals surface area contributed by atoms with Gasteiger partial charge in [-0.3, -0.25) is 9.59 Å². The van der Waals surface area contributed by atoms with E-state index in [2.05, 4.69) is 10.3 Å². The van der Waals surface area contributed by atoms with Gasteiger partial charge in [-0.15, -0.1) is 0 Å². The lowest BCUT2D eigenvalue weighted by Gasteiger charge is -2.31. The lowest BCUT2D eigenvalue weighted by atomic mass is 9.94. The second-order valence-electron chi connectivity index (χ2n) is 10.2. The third kappa shape index (κ3) is 7.37. The predicted molar refractivity (Wildman–Crippen MR) is 130 cm³/mol. The number of guanidine groups is 1. The molecule has 1 fully saturated rings. The van der Waals surface area contributed by atoms with Gasteiger partial charge in [-0.1, -0.05) is 19.3 Å². The van der Waals surface area contributed by atoms with Crippen molar-refractivity contribution in [3.05, 3.63) is 23.8 Å². The van der Waals surface area contributed by atoms with Gasteiger partial charge in [-0.25, -0.2) is 4.99 Å². The highest BCUT2D eigenvalue weighted by Crippen LogP contribution is 2.29. The van der Waals surface area contributed by atoms with Gasteiger partial charge < -0.3 is 25.6 Å². The lowest BCUT2D eigenvalue weighted by molar-refractivity contribution is -0.132. The zero-order valence-electron chi connectivity index (χ0n) is 20.5. The van der Waals surface area contributed by atoms with E-state index < -0.39 is 0 Å². The minimum Gasteiger partial charge on any atom is -0.494 e. The van der Waals surface area contributed by atoms with Gasteiger partial charge in [-0.05, 0) is 58.2 Å². The fraction of sp³-hybridized carbons (Fsp3) is 0.640. The summed E-state index contributed by atoms with van der Waals surface area (Å²) in [6.45, 7) is 6.95.